The summed E-state index contributed by atoms with van der Waals surface area (Å²) >= 11 is 5.67. The number of aromatic nitrogens is 3. The Bertz CT molecular complexity index is 348. The van der Waals surface area contributed by atoms with Gasteiger partial charge in [-0.1, -0.05) is 13.3 Å². The van der Waals surface area contributed by atoms with E-state index in [0.29, 0.717) is 11.8 Å². The van der Waals surface area contributed by atoms with E-state index in [1.54, 1.807) is 0 Å². The van der Waals surface area contributed by atoms with E-state index in [9.17, 15) is 0 Å². The standard InChI is InChI=1S/C11H16ClN3O/c1-2-8-5-3-4-6-9(8)16-10-7-13-15-11(12)14-10/h7-9H,2-6H2,1H3. The Morgan fingerprint density at radius 3 is 3.00 bits per heavy atom. The van der Waals surface area contributed by atoms with Crippen LogP contribution in [0.25, 0.3) is 0 Å². The van der Waals surface area contributed by atoms with Crippen LogP contribution < -0.4 is 4.74 Å². The van der Waals surface area contributed by atoms with E-state index in [1.165, 1.54) is 25.5 Å². The average Bonchev–Trinajstić information content (AvgIpc) is 2.30. The fourth-order valence-corrected chi connectivity index (χ4v) is 2.40. The third kappa shape index (κ3) is 2.82. The van der Waals surface area contributed by atoms with Crippen LogP contribution in [-0.4, -0.2) is 21.3 Å². The topological polar surface area (TPSA) is 47.9 Å². The molecule has 2 rings (SSSR count). The van der Waals surface area contributed by atoms with Gasteiger partial charge in [-0.2, -0.15) is 10.1 Å². The number of hydrogen-bond donors (Lipinski definition) is 0. The summed E-state index contributed by atoms with van der Waals surface area (Å²) in [5, 5.41) is 7.47. The monoisotopic (exact) mass is 241 g/mol. The molecule has 1 aromatic rings. The van der Waals surface area contributed by atoms with Crippen LogP contribution >= 0.6 is 11.6 Å². The number of ether oxygens (including phenoxy) is 1. The molecule has 1 fully saturated rings. The second-order valence-corrected chi connectivity index (χ2v) is 4.51. The van der Waals surface area contributed by atoms with Crippen molar-refractivity contribution in [3.05, 3.63) is 11.5 Å². The summed E-state index contributed by atoms with van der Waals surface area (Å²) in [6.45, 7) is 2.21. The maximum absolute atomic E-state index is 5.84. The minimum atomic E-state index is 0.140. The molecule has 4 nitrogen and oxygen atoms in total. The highest BCUT2D eigenvalue weighted by atomic mass is 35.5. The van der Waals surface area contributed by atoms with Crippen molar-refractivity contribution in [3.63, 3.8) is 0 Å². The molecule has 2 atom stereocenters. The van der Waals surface area contributed by atoms with Gasteiger partial charge in [0.05, 0.1) is 0 Å². The van der Waals surface area contributed by atoms with Crippen molar-refractivity contribution in [2.24, 2.45) is 5.92 Å². The van der Waals surface area contributed by atoms with Crippen LogP contribution in [0, 0.1) is 5.92 Å². The van der Waals surface area contributed by atoms with E-state index in [2.05, 4.69) is 22.1 Å². The van der Waals surface area contributed by atoms with Gasteiger partial charge in [0.25, 0.3) is 0 Å². The minimum absolute atomic E-state index is 0.140. The summed E-state index contributed by atoms with van der Waals surface area (Å²) in [5.74, 6) is 1.12. The summed E-state index contributed by atoms with van der Waals surface area (Å²) in [7, 11) is 0. The molecule has 1 aliphatic carbocycles. The lowest BCUT2D eigenvalue weighted by Gasteiger charge is -2.30. The molecule has 0 amide bonds. The first-order valence-electron chi connectivity index (χ1n) is 5.81. The van der Waals surface area contributed by atoms with Gasteiger partial charge in [-0.15, -0.1) is 5.10 Å². The predicted molar refractivity (Wildman–Crippen MR) is 61.5 cm³/mol. The molecule has 0 aromatic carbocycles. The van der Waals surface area contributed by atoms with Crippen molar-refractivity contribution in [2.75, 3.05) is 0 Å². The first-order chi connectivity index (χ1) is 7.79. The SMILES string of the molecule is CCC1CCCCC1Oc1cnnc(Cl)n1. The Labute approximate surface area is 100 Å². The zero-order valence-corrected chi connectivity index (χ0v) is 10.2. The van der Waals surface area contributed by atoms with Crippen molar-refractivity contribution in [1.82, 2.24) is 15.2 Å². The first-order valence-corrected chi connectivity index (χ1v) is 6.19. The van der Waals surface area contributed by atoms with E-state index >= 15 is 0 Å². The molecule has 0 aliphatic heterocycles. The summed E-state index contributed by atoms with van der Waals surface area (Å²) in [6, 6.07) is 0. The molecule has 1 saturated carbocycles. The van der Waals surface area contributed by atoms with Crippen molar-refractivity contribution in [3.8, 4) is 5.88 Å². The molecular weight excluding hydrogens is 226 g/mol. The van der Waals surface area contributed by atoms with Crippen LogP contribution in [0.4, 0.5) is 0 Å². The van der Waals surface area contributed by atoms with Gasteiger partial charge in [0.2, 0.25) is 11.2 Å². The van der Waals surface area contributed by atoms with E-state index in [-0.39, 0.29) is 11.4 Å². The second kappa shape index (κ2) is 5.43. The highest BCUT2D eigenvalue weighted by Gasteiger charge is 2.25. The zero-order valence-electron chi connectivity index (χ0n) is 9.40. The molecule has 2 unspecified atom stereocenters. The Morgan fingerprint density at radius 2 is 2.25 bits per heavy atom. The van der Waals surface area contributed by atoms with Crippen molar-refractivity contribution < 1.29 is 4.74 Å². The van der Waals surface area contributed by atoms with Crippen LogP contribution in [0.15, 0.2) is 6.20 Å². The average molecular weight is 242 g/mol. The Morgan fingerprint density at radius 1 is 1.44 bits per heavy atom. The summed E-state index contributed by atoms with van der Waals surface area (Å²) in [4.78, 5) is 4.01. The molecule has 1 aromatic heterocycles. The Hall–Kier alpha value is -0.900. The molecule has 16 heavy (non-hydrogen) atoms. The van der Waals surface area contributed by atoms with Crippen LogP contribution in [-0.2, 0) is 0 Å². The first kappa shape index (κ1) is 11.6. The molecule has 5 heteroatoms. The number of halogens is 1. The fourth-order valence-electron chi connectivity index (χ4n) is 2.28. The molecule has 0 saturated heterocycles. The highest BCUT2D eigenvalue weighted by molar-refractivity contribution is 6.28. The van der Waals surface area contributed by atoms with E-state index < -0.39 is 0 Å². The normalized spacial score (nSPS) is 25.4. The largest absolute Gasteiger partial charge is 0.473 e. The van der Waals surface area contributed by atoms with Crippen molar-refractivity contribution in [1.29, 1.82) is 0 Å². The lowest BCUT2D eigenvalue weighted by molar-refractivity contribution is 0.0851. The van der Waals surface area contributed by atoms with Gasteiger partial charge >= 0.3 is 0 Å². The summed E-state index contributed by atoms with van der Waals surface area (Å²) in [5.41, 5.74) is 0. The maximum Gasteiger partial charge on any atom is 0.246 e. The van der Waals surface area contributed by atoms with Crippen LogP contribution in [0.2, 0.25) is 5.28 Å². The molecular formula is C11H16ClN3O. The molecule has 0 radical (unpaired) electrons. The molecule has 88 valence electrons. The third-order valence-corrected chi connectivity index (χ3v) is 3.31. The van der Waals surface area contributed by atoms with Crippen LogP contribution in [0.3, 0.4) is 0 Å². The predicted octanol–water partition coefficient (Wildman–Crippen LogP) is 2.87. The van der Waals surface area contributed by atoms with E-state index in [0.717, 1.165) is 12.8 Å². The second-order valence-electron chi connectivity index (χ2n) is 4.17. The maximum atomic E-state index is 5.84. The lowest BCUT2D eigenvalue weighted by Crippen LogP contribution is -2.30. The molecule has 1 aliphatic rings. The highest BCUT2D eigenvalue weighted by Crippen LogP contribution is 2.29. The van der Waals surface area contributed by atoms with Gasteiger partial charge in [-0.05, 0) is 43.2 Å². The summed E-state index contributed by atoms with van der Waals surface area (Å²) < 4.78 is 5.84. The van der Waals surface area contributed by atoms with E-state index in [1.807, 2.05) is 0 Å². The zero-order chi connectivity index (χ0) is 11.4. The van der Waals surface area contributed by atoms with Gasteiger partial charge in [-0.3, -0.25) is 0 Å². The van der Waals surface area contributed by atoms with Gasteiger partial charge in [0, 0.05) is 0 Å². The number of nitrogens with zero attached hydrogens (tertiary/aromatic N) is 3. The smallest absolute Gasteiger partial charge is 0.246 e. The molecule has 1 heterocycles. The molecule has 0 spiro atoms. The Kier molecular flexibility index (Phi) is 3.93. The third-order valence-electron chi connectivity index (χ3n) is 3.15. The van der Waals surface area contributed by atoms with E-state index in [4.69, 9.17) is 16.3 Å². The van der Waals surface area contributed by atoms with Crippen molar-refractivity contribution in [2.45, 2.75) is 45.1 Å². The van der Waals surface area contributed by atoms with Crippen LogP contribution in [0.1, 0.15) is 39.0 Å². The van der Waals surface area contributed by atoms with Crippen LogP contribution in [0.5, 0.6) is 5.88 Å². The van der Waals surface area contributed by atoms with Gasteiger partial charge in [0.1, 0.15) is 12.3 Å². The van der Waals surface area contributed by atoms with Crippen molar-refractivity contribution >= 4 is 11.6 Å². The molecule has 0 bridgehead atoms. The quantitative estimate of drug-likeness (QED) is 0.817. The molecule has 0 N–H and O–H groups in total. The Balaban J connectivity index is 2.02. The lowest BCUT2D eigenvalue weighted by atomic mass is 9.85. The number of hydrogen-bond acceptors (Lipinski definition) is 4. The summed E-state index contributed by atoms with van der Waals surface area (Å²) in [6.07, 6.45) is 7.80. The number of rotatable bonds is 3. The minimum Gasteiger partial charge on any atom is -0.473 e. The van der Waals surface area contributed by atoms with Gasteiger partial charge < -0.3 is 4.74 Å². The fraction of sp³-hybridized carbons (Fsp3) is 0.727. The van der Waals surface area contributed by atoms with Gasteiger partial charge in [0.15, 0.2) is 0 Å². The van der Waals surface area contributed by atoms with Gasteiger partial charge in [-0.25, -0.2) is 0 Å².